The Morgan fingerprint density at radius 2 is 2.13 bits per heavy atom. The Kier molecular flexibility index (Phi) is 4.50. The lowest BCUT2D eigenvalue weighted by Crippen LogP contribution is -2.51. The van der Waals surface area contributed by atoms with Crippen LogP contribution in [-0.4, -0.2) is 67.2 Å². The number of β-amino-alcohol motifs (C(OH)–C–C–N with tert-alkyl or cyclic N) is 1. The number of hydrogen-bond donors (Lipinski definition) is 2. The second-order valence-electron chi connectivity index (χ2n) is 9.13. The Labute approximate surface area is 181 Å². The molecule has 0 aromatic carbocycles. The number of nitrogens with one attached hydrogen (secondary N) is 1. The summed E-state index contributed by atoms with van der Waals surface area (Å²) in [6.45, 7) is 4.21. The molecule has 2 aliphatic heterocycles. The summed E-state index contributed by atoms with van der Waals surface area (Å²) in [4.78, 5) is 26.8. The van der Waals surface area contributed by atoms with Gasteiger partial charge in [0.1, 0.15) is 11.6 Å². The third kappa shape index (κ3) is 3.30. The Balaban J connectivity index is 1.39. The number of rotatable bonds is 4. The number of anilines is 1. The van der Waals surface area contributed by atoms with Gasteiger partial charge in [-0.25, -0.2) is 15.0 Å². The van der Waals surface area contributed by atoms with Crippen molar-refractivity contribution in [3.8, 4) is 11.4 Å². The minimum atomic E-state index is -0.263. The van der Waals surface area contributed by atoms with Gasteiger partial charge in [-0.15, -0.1) is 0 Å². The van der Waals surface area contributed by atoms with Crippen molar-refractivity contribution in [1.82, 2.24) is 29.8 Å². The predicted octanol–water partition coefficient (Wildman–Crippen LogP) is 1.92. The van der Waals surface area contributed by atoms with Gasteiger partial charge in [0.05, 0.1) is 18.3 Å². The number of aromatic nitrogens is 5. The van der Waals surface area contributed by atoms with Crippen LogP contribution >= 0.6 is 0 Å². The Morgan fingerprint density at radius 3 is 2.90 bits per heavy atom. The smallest absolute Gasteiger partial charge is 0.163 e. The molecule has 8 nitrogen and oxygen atoms in total. The van der Waals surface area contributed by atoms with Crippen molar-refractivity contribution in [2.75, 3.05) is 31.1 Å². The number of nitrogens with zero attached hydrogens (tertiary/aromatic N) is 6. The number of aliphatic hydroxyl groups is 1. The van der Waals surface area contributed by atoms with Crippen LogP contribution in [0.4, 0.5) is 5.82 Å². The van der Waals surface area contributed by atoms with Gasteiger partial charge in [0.15, 0.2) is 5.82 Å². The van der Waals surface area contributed by atoms with Gasteiger partial charge in [-0.1, -0.05) is 0 Å². The molecule has 2 N–H and O–H groups in total. The molecule has 0 amide bonds. The van der Waals surface area contributed by atoms with E-state index in [1.54, 1.807) is 6.20 Å². The van der Waals surface area contributed by atoms with Gasteiger partial charge in [-0.05, 0) is 44.4 Å². The van der Waals surface area contributed by atoms with Crippen molar-refractivity contribution >= 4 is 5.82 Å². The summed E-state index contributed by atoms with van der Waals surface area (Å²) < 4.78 is 0. The van der Waals surface area contributed by atoms with Crippen LogP contribution in [0.3, 0.4) is 0 Å². The molecule has 2 fully saturated rings. The number of piperidine rings is 1. The highest BCUT2D eigenvalue weighted by atomic mass is 16.3. The molecular formula is C23H27N7O. The minimum absolute atomic E-state index is 0.0539. The van der Waals surface area contributed by atoms with Crippen LogP contribution in [0.1, 0.15) is 36.3 Å². The number of imidazole rings is 1. The lowest BCUT2D eigenvalue weighted by atomic mass is 9.77. The molecule has 1 spiro atoms. The van der Waals surface area contributed by atoms with Crippen molar-refractivity contribution in [2.45, 2.75) is 43.7 Å². The number of fused-ring (bicyclic) bond motifs is 2. The first-order valence-electron chi connectivity index (χ1n) is 11.2. The summed E-state index contributed by atoms with van der Waals surface area (Å²) in [6.07, 6.45) is 11.5. The molecule has 8 heteroatoms. The SMILES string of the molecule is OC1CN(c2nc(-c3cccnc3)nc3c2CCC32CCCN(Cc3ncc[nH]3)C2)C1. The molecule has 31 heavy (non-hydrogen) atoms. The number of aromatic amines is 1. The first-order valence-corrected chi connectivity index (χ1v) is 11.2. The van der Waals surface area contributed by atoms with Gasteiger partial charge in [0.25, 0.3) is 0 Å². The van der Waals surface area contributed by atoms with Gasteiger partial charge >= 0.3 is 0 Å². The summed E-state index contributed by atoms with van der Waals surface area (Å²) in [6, 6.07) is 3.95. The maximum atomic E-state index is 9.90. The minimum Gasteiger partial charge on any atom is -0.389 e. The fourth-order valence-electron chi connectivity index (χ4n) is 5.49. The van der Waals surface area contributed by atoms with Crippen LogP contribution in [-0.2, 0) is 18.4 Å². The molecule has 3 aromatic rings. The maximum absolute atomic E-state index is 9.90. The number of hydrogen-bond acceptors (Lipinski definition) is 7. The van der Waals surface area contributed by atoms with E-state index in [1.165, 1.54) is 11.3 Å². The van der Waals surface area contributed by atoms with Crippen LogP contribution in [0.15, 0.2) is 36.9 Å². The molecule has 6 rings (SSSR count). The van der Waals surface area contributed by atoms with Crippen LogP contribution < -0.4 is 4.90 Å². The topological polar surface area (TPSA) is 94.1 Å². The fourth-order valence-corrected chi connectivity index (χ4v) is 5.49. The van der Waals surface area contributed by atoms with Crippen LogP contribution in [0.5, 0.6) is 0 Å². The van der Waals surface area contributed by atoms with E-state index in [1.807, 2.05) is 30.7 Å². The molecule has 0 bridgehead atoms. The Morgan fingerprint density at radius 1 is 1.19 bits per heavy atom. The van der Waals surface area contributed by atoms with Crippen molar-refractivity contribution in [1.29, 1.82) is 0 Å². The molecule has 5 heterocycles. The van der Waals surface area contributed by atoms with Gasteiger partial charge in [-0.2, -0.15) is 0 Å². The Bertz CT molecular complexity index is 1070. The second kappa shape index (κ2) is 7.39. The molecule has 0 radical (unpaired) electrons. The lowest BCUT2D eigenvalue weighted by molar-refractivity contribution is 0.134. The lowest BCUT2D eigenvalue weighted by Gasteiger charge is -2.41. The third-order valence-electron chi connectivity index (χ3n) is 7.01. The molecular weight excluding hydrogens is 390 g/mol. The van der Waals surface area contributed by atoms with E-state index < -0.39 is 0 Å². The summed E-state index contributed by atoms with van der Waals surface area (Å²) in [5, 5.41) is 9.90. The van der Waals surface area contributed by atoms with Crippen LogP contribution in [0.2, 0.25) is 0 Å². The first kappa shape index (κ1) is 18.9. The monoisotopic (exact) mass is 417 g/mol. The van der Waals surface area contributed by atoms with Crippen molar-refractivity contribution in [3.63, 3.8) is 0 Å². The zero-order chi connectivity index (χ0) is 20.8. The van der Waals surface area contributed by atoms with E-state index >= 15 is 0 Å². The second-order valence-corrected chi connectivity index (χ2v) is 9.13. The molecule has 1 unspecified atom stereocenters. The van der Waals surface area contributed by atoms with E-state index in [0.29, 0.717) is 13.1 Å². The quantitative estimate of drug-likeness (QED) is 0.670. The van der Waals surface area contributed by atoms with Crippen molar-refractivity contribution in [2.24, 2.45) is 0 Å². The number of H-pyrrole nitrogens is 1. The van der Waals surface area contributed by atoms with Crippen LogP contribution in [0.25, 0.3) is 11.4 Å². The van der Waals surface area contributed by atoms with E-state index in [-0.39, 0.29) is 11.5 Å². The molecule has 160 valence electrons. The number of likely N-dealkylation sites (tertiary alicyclic amines) is 1. The predicted molar refractivity (Wildman–Crippen MR) is 117 cm³/mol. The molecule has 0 saturated carbocycles. The highest BCUT2D eigenvalue weighted by molar-refractivity contribution is 5.63. The van der Waals surface area contributed by atoms with Gasteiger partial charge in [0.2, 0.25) is 0 Å². The highest BCUT2D eigenvalue weighted by Gasteiger charge is 2.46. The third-order valence-corrected chi connectivity index (χ3v) is 7.01. The van der Waals surface area contributed by atoms with Gasteiger partial charge < -0.3 is 15.0 Å². The van der Waals surface area contributed by atoms with E-state index in [4.69, 9.17) is 9.97 Å². The summed E-state index contributed by atoms with van der Waals surface area (Å²) in [5.74, 6) is 2.77. The molecule has 3 aromatic heterocycles. The average molecular weight is 418 g/mol. The summed E-state index contributed by atoms with van der Waals surface area (Å²) >= 11 is 0. The normalized spacial score (nSPS) is 23.8. The van der Waals surface area contributed by atoms with E-state index in [9.17, 15) is 5.11 Å². The summed E-state index contributed by atoms with van der Waals surface area (Å²) in [5.41, 5.74) is 3.48. The number of pyridine rings is 1. The Hall–Kier alpha value is -2.84. The average Bonchev–Trinajstić information content (AvgIpc) is 3.40. The van der Waals surface area contributed by atoms with E-state index in [2.05, 4.69) is 24.8 Å². The molecule has 3 aliphatic rings. The fraction of sp³-hybridized carbons (Fsp3) is 0.478. The molecule has 1 aliphatic carbocycles. The van der Waals surface area contributed by atoms with Crippen LogP contribution in [0, 0.1) is 0 Å². The van der Waals surface area contributed by atoms with Gasteiger partial charge in [-0.3, -0.25) is 9.88 Å². The standard InChI is InChI=1S/C23H27N7O/c31-17-12-30(13-17)22-18-4-6-23(5-2-10-29(15-23)14-19-25-8-9-26-19)20(18)27-21(28-22)16-3-1-7-24-11-16/h1,3,7-9,11,17,31H,2,4-6,10,12-15H2,(H,25,26). The zero-order valence-electron chi connectivity index (χ0n) is 17.5. The zero-order valence-corrected chi connectivity index (χ0v) is 17.5. The van der Waals surface area contributed by atoms with Crippen molar-refractivity contribution < 1.29 is 5.11 Å². The highest BCUT2D eigenvalue weighted by Crippen LogP contribution is 2.47. The summed E-state index contributed by atoms with van der Waals surface area (Å²) in [7, 11) is 0. The maximum Gasteiger partial charge on any atom is 0.163 e. The molecule has 1 atom stereocenters. The van der Waals surface area contributed by atoms with Crippen molar-refractivity contribution in [3.05, 3.63) is 54.0 Å². The first-order chi connectivity index (χ1) is 15.2. The van der Waals surface area contributed by atoms with E-state index in [0.717, 1.165) is 68.3 Å². The van der Waals surface area contributed by atoms with Gasteiger partial charge in [0, 0.05) is 61.0 Å². The molecule has 2 saturated heterocycles. The largest absolute Gasteiger partial charge is 0.389 e. The number of aliphatic hydroxyl groups excluding tert-OH is 1.